The molecule has 0 spiro atoms. The van der Waals surface area contributed by atoms with Crippen LogP contribution in [0.5, 0.6) is 5.75 Å². The summed E-state index contributed by atoms with van der Waals surface area (Å²) in [6.45, 7) is 8.88. The third-order valence-corrected chi connectivity index (χ3v) is 10.0. The zero-order chi connectivity index (χ0) is 35.2. The monoisotopic (exact) mass is 694 g/mol. The Labute approximate surface area is 298 Å². The Bertz CT molecular complexity index is 1910. The Kier molecular flexibility index (Phi) is 10.9. The van der Waals surface area contributed by atoms with Crippen LogP contribution >= 0.6 is 0 Å². The first kappa shape index (κ1) is 34.6. The number of ketones is 1. The average Bonchev–Trinajstić information content (AvgIpc) is 3.94. The maximum atomic E-state index is 14.2. The van der Waals surface area contributed by atoms with Gasteiger partial charge in [-0.25, -0.2) is 14.1 Å². The maximum Gasteiger partial charge on any atom is 0.202 e. The first-order valence-electron chi connectivity index (χ1n) is 18.3. The summed E-state index contributed by atoms with van der Waals surface area (Å²) in [4.78, 5) is 27.3. The van der Waals surface area contributed by atoms with Gasteiger partial charge >= 0.3 is 0 Å². The highest BCUT2D eigenvalue weighted by atomic mass is 19.1. The molecule has 0 saturated carbocycles. The lowest BCUT2D eigenvalue weighted by Gasteiger charge is -2.39. The number of rotatable bonds is 15. The van der Waals surface area contributed by atoms with E-state index < -0.39 is 0 Å². The third-order valence-electron chi connectivity index (χ3n) is 10.0. The fourth-order valence-electron chi connectivity index (χ4n) is 7.45. The minimum Gasteiger partial charge on any atom is -0.491 e. The summed E-state index contributed by atoms with van der Waals surface area (Å²) in [5, 5.41) is 12.0. The standard InChI is InChI=1S/C39H47FN8O3/c1-3-50-23-17-28-8-7-9-33-37(28)44-39(42-33)43-36-10-5-6-19-47(36)34-25-31(48-22-18-41-45-48)24-32(38(34)51-4-2)35(49)16-21-46-20-15-29(26-46)27-11-13-30(40)14-12-27/h7-9,11-14,18,22,24-25,29,36H,3-6,10,15-17,19-21,23,26H2,1-2H3,(H2,42,43,44). The number of nitrogens with one attached hydrogen (secondary N) is 2. The van der Waals surface area contributed by atoms with Gasteiger partial charge in [0.1, 0.15) is 12.0 Å². The predicted molar refractivity (Wildman–Crippen MR) is 197 cm³/mol. The number of fused-ring (bicyclic) bond motifs is 1. The molecule has 11 nitrogen and oxygen atoms in total. The van der Waals surface area contributed by atoms with Crippen LogP contribution in [0.2, 0.25) is 0 Å². The van der Waals surface area contributed by atoms with Crippen molar-refractivity contribution in [1.29, 1.82) is 0 Å². The Morgan fingerprint density at radius 1 is 1.06 bits per heavy atom. The van der Waals surface area contributed by atoms with Crippen molar-refractivity contribution in [2.45, 2.75) is 64.5 Å². The fourth-order valence-corrected chi connectivity index (χ4v) is 7.45. The van der Waals surface area contributed by atoms with E-state index in [2.05, 4.69) is 48.6 Å². The van der Waals surface area contributed by atoms with Gasteiger partial charge in [0.15, 0.2) is 11.5 Å². The molecule has 2 atom stereocenters. The molecular weight excluding hydrogens is 647 g/mol. The lowest BCUT2D eigenvalue weighted by Crippen LogP contribution is -2.45. The van der Waals surface area contributed by atoms with Crippen LogP contribution in [0, 0.1) is 5.82 Å². The van der Waals surface area contributed by atoms with E-state index in [9.17, 15) is 9.18 Å². The van der Waals surface area contributed by atoms with Crippen molar-refractivity contribution in [3.8, 4) is 11.4 Å². The Morgan fingerprint density at radius 2 is 1.94 bits per heavy atom. The smallest absolute Gasteiger partial charge is 0.202 e. The quantitative estimate of drug-likeness (QED) is 0.0908. The number of benzene rings is 3. The van der Waals surface area contributed by atoms with Crippen molar-refractivity contribution in [3.63, 3.8) is 0 Å². The predicted octanol–water partition coefficient (Wildman–Crippen LogP) is 6.75. The van der Waals surface area contributed by atoms with Gasteiger partial charge in [-0.1, -0.05) is 29.5 Å². The molecule has 2 fully saturated rings. The van der Waals surface area contributed by atoms with E-state index in [1.807, 2.05) is 38.1 Å². The van der Waals surface area contributed by atoms with E-state index in [4.69, 9.17) is 14.5 Å². The van der Waals surface area contributed by atoms with Gasteiger partial charge in [-0.05, 0) is 99.9 Å². The number of piperidine rings is 1. The number of likely N-dealkylation sites (tertiary alicyclic amines) is 1. The van der Waals surface area contributed by atoms with Crippen LogP contribution in [0.1, 0.15) is 73.4 Å². The minimum atomic E-state index is -0.222. The molecule has 2 aliphatic rings. The number of anilines is 2. The van der Waals surface area contributed by atoms with Crippen molar-refractivity contribution in [1.82, 2.24) is 29.9 Å². The molecular formula is C39H47FN8O3. The first-order valence-corrected chi connectivity index (χ1v) is 18.3. The number of carbonyl (C=O) groups is 1. The van der Waals surface area contributed by atoms with E-state index in [1.54, 1.807) is 17.1 Å². The molecule has 2 N–H and O–H groups in total. The van der Waals surface area contributed by atoms with Crippen LogP contribution < -0.4 is 15.0 Å². The second kappa shape index (κ2) is 16.0. The van der Waals surface area contributed by atoms with Crippen LogP contribution in [0.3, 0.4) is 0 Å². The number of halogens is 1. The van der Waals surface area contributed by atoms with E-state index in [0.29, 0.717) is 56.0 Å². The van der Waals surface area contributed by atoms with Crippen LogP contribution in [0.15, 0.2) is 67.0 Å². The Balaban J connectivity index is 1.15. The minimum absolute atomic E-state index is 0.0188. The summed E-state index contributed by atoms with van der Waals surface area (Å²) in [7, 11) is 0. The summed E-state index contributed by atoms with van der Waals surface area (Å²) >= 11 is 0. The first-order chi connectivity index (χ1) is 25.0. The summed E-state index contributed by atoms with van der Waals surface area (Å²) in [5.74, 6) is 1.43. The summed E-state index contributed by atoms with van der Waals surface area (Å²) in [6.07, 6.45) is 8.42. The fraction of sp³-hybridized carbons (Fsp3) is 0.436. The van der Waals surface area contributed by atoms with Gasteiger partial charge in [0.25, 0.3) is 0 Å². The number of ether oxygens (including phenoxy) is 2. The summed E-state index contributed by atoms with van der Waals surface area (Å²) in [5.41, 5.74) is 6.35. The molecule has 0 bridgehead atoms. The van der Waals surface area contributed by atoms with E-state index in [0.717, 1.165) is 85.3 Å². The van der Waals surface area contributed by atoms with Crippen molar-refractivity contribution >= 4 is 28.5 Å². The van der Waals surface area contributed by atoms with Crippen LogP contribution in [0.25, 0.3) is 16.7 Å². The van der Waals surface area contributed by atoms with Gasteiger partial charge < -0.3 is 29.6 Å². The number of hydrogen-bond donors (Lipinski definition) is 2. The van der Waals surface area contributed by atoms with Crippen LogP contribution in [-0.2, 0) is 11.2 Å². The highest BCUT2D eigenvalue weighted by Gasteiger charge is 2.30. The number of imidazole rings is 1. The van der Waals surface area contributed by atoms with E-state index >= 15 is 0 Å². The third kappa shape index (κ3) is 7.92. The Morgan fingerprint density at radius 3 is 2.75 bits per heavy atom. The van der Waals surface area contributed by atoms with Crippen molar-refractivity contribution < 1.29 is 18.7 Å². The molecule has 2 aromatic heterocycles. The molecule has 2 aliphatic heterocycles. The number of Topliss-reactive ketones (excluding diaryl/α,β-unsaturated/α-hetero) is 1. The van der Waals surface area contributed by atoms with Gasteiger partial charge in [-0.2, -0.15) is 0 Å². The number of nitrogens with zero attached hydrogens (tertiary/aromatic N) is 6. The Hall–Kier alpha value is -4.81. The molecule has 5 aromatic rings. The van der Waals surface area contributed by atoms with E-state index in [1.165, 1.54) is 12.1 Å². The number of para-hydroxylation sites is 1. The van der Waals surface area contributed by atoms with Gasteiger partial charge in [0.2, 0.25) is 5.95 Å². The molecule has 0 aliphatic carbocycles. The van der Waals surface area contributed by atoms with Crippen LogP contribution in [0.4, 0.5) is 16.0 Å². The average molecular weight is 695 g/mol. The summed E-state index contributed by atoms with van der Waals surface area (Å²) < 4.78 is 27.2. The topological polar surface area (TPSA) is 113 Å². The van der Waals surface area contributed by atoms with Crippen molar-refractivity contribution in [2.24, 2.45) is 0 Å². The molecule has 2 saturated heterocycles. The highest BCUT2D eigenvalue weighted by Crippen LogP contribution is 2.39. The molecule has 0 radical (unpaired) electrons. The number of H-pyrrole nitrogens is 1. The molecule has 4 heterocycles. The molecule has 12 heteroatoms. The van der Waals surface area contributed by atoms with Crippen molar-refractivity contribution in [2.75, 3.05) is 56.2 Å². The number of carbonyl (C=O) groups excluding carboxylic acids is 1. The lowest BCUT2D eigenvalue weighted by molar-refractivity contribution is 0.0965. The normalized spacial score (nSPS) is 18.1. The maximum absolute atomic E-state index is 14.2. The molecule has 268 valence electrons. The molecule has 0 amide bonds. The van der Waals surface area contributed by atoms with Gasteiger partial charge in [-0.15, -0.1) is 5.10 Å². The summed E-state index contributed by atoms with van der Waals surface area (Å²) in [6, 6.07) is 16.9. The zero-order valence-electron chi connectivity index (χ0n) is 29.5. The SMILES string of the molecule is CCOCCc1cccc2[nH]c(NC3CCCCN3c3cc(-n4ccnn4)cc(C(=O)CCN4CCC(c5ccc(F)cc5)C4)c3OCC)nc12. The molecule has 51 heavy (non-hydrogen) atoms. The number of hydrogen-bond acceptors (Lipinski definition) is 9. The zero-order valence-corrected chi connectivity index (χ0v) is 29.5. The number of aromatic nitrogens is 5. The van der Waals surface area contributed by atoms with Gasteiger partial charge in [0.05, 0.1) is 53.6 Å². The second-order valence-electron chi connectivity index (χ2n) is 13.3. The molecule has 7 rings (SSSR count). The number of aromatic amines is 1. The molecule has 2 unspecified atom stereocenters. The van der Waals surface area contributed by atoms with E-state index in [-0.39, 0.29) is 17.8 Å². The second-order valence-corrected chi connectivity index (χ2v) is 13.3. The van der Waals surface area contributed by atoms with Crippen molar-refractivity contribution in [3.05, 3.63) is 89.5 Å². The van der Waals surface area contributed by atoms with Gasteiger partial charge in [-0.3, -0.25) is 4.79 Å². The lowest BCUT2D eigenvalue weighted by atomic mass is 9.98. The largest absolute Gasteiger partial charge is 0.491 e. The van der Waals surface area contributed by atoms with Gasteiger partial charge in [0, 0.05) is 32.7 Å². The molecule has 3 aromatic carbocycles. The van der Waals surface area contributed by atoms with Crippen LogP contribution in [-0.4, -0.2) is 87.8 Å². The highest BCUT2D eigenvalue weighted by molar-refractivity contribution is 6.01.